The molecular formula is C20H15BrFNO6S. The zero-order chi connectivity index (χ0) is 21.8. The molecule has 0 atom stereocenters. The summed E-state index contributed by atoms with van der Waals surface area (Å²) in [5.74, 6) is -1.49. The van der Waals surface area contributed by atoms with Crippen LogP contribution in [-0.2, 0) is 16.2 Å². The molecular weight excluding hydrogens is 481 g/mol. The van der Waals surface area contributed by atoms with Gasteiger partial charge >= 0.3 is 5.97 Å². The van der Waals surface area contributed by atoms with Gasteiger partial charge in [-0.15, -0.1) is 0 Å². The number of carboxylic acids is 1. The highest BCUT2D eigenvalue weighted by Gasteiger charge is 2.36. The Kier molecular flexibility index (Phi) is 6.78. The van der Waals surface area contributed by atoms with Crippen LogP contribution in [0.3, 0.4) is 0 Å². The van der Waals surface area contributed by atoms with Crippen LogP contribution in [0.4, 0.5) is 9.18 Å². The van der Waals surface area contributed by atoms with E-state index in [9.17, 15) is 18.8 Å². The van der Waals surface area contributed by atoms with Crippen LogP contribution < -0.4 is 9.47 Å². The van der Waals surface area contributed by atoms with E-state index in [1.54, 1.807) is 24.3 Å². The van der Waals surface area contributed by atoms with E-state index in [-0.39, 0.29) is 17.3 Å². The number of halogens is 2. The number of hydrogen-bond donors (Lipinski definition) is 1. The van der Waals surface area contributed by atoms with Gasteiger partial charge in [0.05, 0.1) is 16.5 Å². The lowest BCUT2D eigenvalue weighted by Crippen LogP contribution is -2.33. The summed E-state index contributed by atoms with van der Waals surface area (Å²) in [5, 5.41) is 8.20. The topological polar surface area (TPSA) is 93.1 Å². The molecule has 1 fully saturated rings. The fraction of sp³-hybridized carbons (Fsp3) is 0.150. The van der Waals surface area contributed by atoms with E-state index in [4.69, 9.17) is 14.6 Å². The monoisotopic (exact) mass is 495 g/mol. The Hall–Kier alpha value is -2.85. The molecule has 0 aromatic heterocycles. The molecule has 2 amide bonds. The van der Waals surface area contributed by atoms with Crippen molar-refractivity contribution in [2.24, 2.45) is 0 Å². The van der Waals surface area contributed by atoms with Crippen LogP contribution >= 0.6 is 27.7 Å². The average molecular weight is 496 g/mol. The first-order chi connectivity index (χ1) is 14.3. The Morgan fingerprint density at radius 1 is 1.27 bits per heavy atom. The number of carbonyl (C=O) groups excluding carboxylic acids is 2. The highest BCUT2D eigenvalue weighted by atomic mass is 79.9. The number of nitrogens with zero attached hydrogens (tertiary/aromatic N) is 1. The molecule has 1 aliphatic rings. The summed E-state index contributed by atoms with van der Waals surface area (Å²) in [6.45, 7) is -0.506. The molecule has 0 bridgehead atoms. The number of carbonyl (C=O) groups is 3. The molecule has 7 nitrogen and oxygen atoms in total. The van der Waals surface area contributed by atoms with Crippen LogP contribution in [0.5, 0.6) is 11.5 Å². The van der Waals surface area contributed by atoms with E-state index in [0.717, 1.165) is 5.56 Å². The molecule has 2 aromatic carbocycles. The molecule has 10 heteroatoms. The fourth-order valence-corrected chi connectivity index (χ4v) is 4.03. The van der Waals surface area contributed by atoms with Crippen molar-refractivity contribution < 1.29 is 33.4 Å². The lowest BCUT2D eigenvalue weighted by Gasteiger charge is -2.14. The Morgan fingerprint density at radius 3 is 2.60 bits per heavy atom. The maximum Gasteiger partial charge on any atom is 0.323 e. The maximum atomic E-state index is 13.0. The van der Waals surface area contributed by atoms with Crippen LogP contribution in [0.25, 0.3) is 6.08 Å². The SMILES string of the molecule is COc1cc(/C=C2/SC(=O)N(CC(=O)O)C2=O)cc(Br)c1OCc1ccc(F)cc1. The van der Waals surface area contributed by atoms with Crippen LogP contribution in [0.2, 0.25) is 0 Å². The number of thioether (sulfide) groups is 1. The first-order valence-electron chi connectivity index (χ1n) is 8.50. The third kappa shape index (κ3) is 5.00. The fourth-order valence-electron chi connectivity index (χ4n) is 2.62. The second-order valence-electron chi connectivity index (χ2n) is 6.11. The molecule has 0 spiro atoms. The summed E-state index contributed by atoms with van der Waals surface area (Å²) in [4.78, 5) is 35.8. The Morgan fingerprint density at radius 2 is 1.97 bits per heavy atom. The minimum Gasteiger partial charge on any atom is -0.493 e. The Balaban J connectivity index is 1.82. The second-order valence-corrected chi connectivity index (χ2v) is 7.96. The maximum absolute atomic E-state index is 13.0. The standard InChI is InChI=1S/C20H15BrFNO6S/c1-28-15-7-12(8-16-19(26)23(9-17(24)25)20(27)30-16)6-14(21)18(15)29-10-11-2-4-13(22)5-3-11/h2-8H,9-10H2,1H3,(H,24,25)/b16-8+. The summed E-state index contributed by atoms with van der Waals surface area (Å²) in [5.41, 5.74) is 1.32. The van der Waals surface area contributed by atoms with Crippen molar-refractivity contribution in [3.8, 4) is 11.5 Å². The van der Waals surface area contributed by atoms with E-state index in [0.29, 0.717) is 38.2 Å². The van der Waals surface area contributed by atoms with Crippen molar-refractivity contribution in [3.63, 3.8) is 0 Å². The Labute approximate surface area is 183 Å². The summed E-state index contributed by atoms with van der Waals surface area (Å²) in [6, 6.07) is 9.19. The van der Waals surface area contributed by atoms with Crippen LogP contribution in [0.15, 0.2) is 45.8 Å². The zero-order valence-corrected chi connectivity index (χ0v) is 18.0. The van der Waals surface area contributed by atoms with Crippen molar-refractivity contribution >= 4 is 50.9 Å². The lowest BCUT2D eigenvalue weighted by molar-refractivity contribution is -0.140. The number of amides is 2. The lowest BCUT2D eigenvalue weighted by atomic mass is 10.1. The van der Waals surface area contributed by atoms with E-state index < -0.39 is 23.7 Å². The van der Waals surface area contributed by atoms with Gasteiger partial charge in [0, 0.05) is 0 Å². The summed E-state index contributed by atoms with van der Waals surface area (Å²) < 4.78 is 24.7. The minimum absolute atomic E-state index is 0.107. The first-order valence-corrected chi connectivity index (χ1v) is 10.1. The quantitative estimate of drug-likeness (QED) is 0.572. The zero-order valence-electron chi connectivity index (χ0n) is 15.6. The molecule has 1 N–H and O–H groups in total. The van der Waals surface area contributed by atoms with E-state index in [2.05, 4.69) is 15.9 Å². The largest absolute Gasteiger partial charge is 0.493 e. The van der Waals surface area contributed by atoms with Gasteiger partial charge in [0.1, 0.15) is 19.0 Å². The van der Waals surface area contributed by atoms with Crippen LogP contribution in [0.1, 0.15) is 11.1 Å². The van der Waals surface area contributed by atoms with Gasteiger partial charge in [0.25, 0.3) is 11.1 Å². The van der Waals surface area contributed by atoms with Gasteiger partial charge in [-0.05, 0) is 69.2 Å². The highest BCUT2D eigenvalue weighted by molar-refractivity contribution is 9.10. The second kappa shape index (κ2) is 9.31. The molecule has 2 aromatic rings. The number of carboxylic acid groups (broad SMARTS) is 1. The number of benzene rings is 2. The van der Waals surface area contributed by atoms with Crippen molar-refractivity contribution in [1.82, 2.24) is 4.90 Å². The molecule has 1 aliphatic heterocycles. The van der Waals surface area contributed by atoms with Crippen molar-refractivity contribution in [2.75, 3.05) is 13.7 Å². The first kappa shape index (κ1) is 21.8. The van der Waals surface area contributed by atoms with Crippen molar-refractivity contribution in [1.29, 1.82) is 0 Å². The number of imide groups is 1. The highest BCUT2D eigenvalue weighted by Crippen LogP contribution is 2.39. The third-order valence-corrected chi connectivity index (χ3v) is 5.51. The molecule has 30 heavy (non-hydrogen) atoms. The van der Waals surface area contributed by atoms with Gasteiger partial charge in [0.2, 0.25) is 0 Å². The van der Waals surface area contributed by atoms with E-state index in [1.165, 1.54) is 25.3 Å². The molecule has 0 aliphatic carbocycles. The molecule has 0 unspecified atom stereocenters. The molecule has 0 radical (unpaired) electrons. The minimum atomic E-state index is -1.27. The Bertz CT molecular complexity index is 1040. The predicted octanol–water partition coefficient (Wildman–Crippen LogP) is 4.30. The summed E-state index contributed by atoms with van der Waals surface area (Å²) in [7, 11) is 1.46. The van der Waals surface area contributed by atoms with Crippen LogP contribution in [-0.4, -0.2) is 40.8 Å². The average Bonchev–Trinajstić information content (AvgIpc) is 2.95. The molecule has 1 saturated heterocycles. The van der Waals surface area contributed by atoms with Crippen LogP contribution in [0, 0.1) is 5.82 Å². The number of hydrogen-bond acceptors (Lipinski definition) is 6. The van der Waals surface area contributed by atoms with E-state index in [1.807, 2.05) is 0 Å². The van der Waals surface area contributed by atoms with Gasteiger partial charge in [-0.1, -0.05) is 12.1 Å². The molecule has 3 rings (SSSR count). The number of aliphatic carboxylic acids is 1. The normalized spacial score (nSPS) is 15.0. The summed E-state index contributed by atoms with van der Waals surface area (Å²) in [6.07, 6.45) is 1.48. The summed E-state index contributed by atoms with van der Waals surface area (Å²) >= 11 is 4.07. The van der Waals surface area contributed by atoms with Gasteiger partial charge < -0.3 is 14.6 Å². The number of rotatable bonds is 7. The van der Waals surface area contributed by atoms with E-state index >= 15 is 0 Å². The van der Waals surface area contributed by atoms with Crippen molar-refractivity contribution in [3.05, 3.63) is 62.7 Å². The molecule has 0 saturated carbocycles. The third-order valence-electron chi connectivity index (χ3n) is 4.01. The molecule has 1 heterocycles. The number of methoxy groups -OCH3 is 1. The van der Waals surface area contributed by atoms with Gasteiger partial charge in [-0.2, -0.15) is 0 Å². The number of ether oxygens (including phenoxy) is 2. The van der Waals surface area contributed by atoms with Gasteiger partial charge in [-0.3, -0.25) is 19.3 Å². The predicted molar refractivity (Wildman–Crippen MR) is 112 cm³/mol. The smallest absolute Gasteiger partial charge is 0.323 e. The van der Waals surface area contributed by atoms with Gasteiger partial charge in [-0.25, -0.2) is 4.39 Å². The molecule has 156 valence electrons. The van der Waals surface area contributed by atoms with Gasteiger partial charge in [0.15, 0.2) is 11.5 Å². The van der Waals surface area contributed by atoms with Crippen molar-refractivity contribution in [2.45, 2.75) is 6.61 Å².